The number of hydrogen-bond acceptors (Lipinski definition) is 4. The zero-order chi connectivity index (χ0) is 12.9. The van der Waals surface area contributed by atoms with Crippen LogP contribution in [0.25, 0.3) is 0 Å². The van der Waals surface area contributed by atoms with Gasteiger partial charge in [-0.25, -0.2) is 9.97 Å². The Morgan fingerprint density at radius 2 is 1.89 bits per heavy atom. The molecule has 0 N–H and O–H groups in total. The quantitative estimate of drug-likeness (QED) is 0.843. The van der Waals surface area contributed by atoms with Gasteiger partial charge in [-0.3, -0.25) is 4.98 Å². The largest absolute Gasteiger partial charge is 0.341 e. The minimum absolute atomic E-state index is 0.646. The molecule has 4 heteroatoms. The van der Waals surface area contributed by atoms with Gasteiger partial charge in [0.25, 0.3) is 0 Å². The van der Waals surface area contributed by atoms with Gasteiger partial charge in [0.15, 0.2) is 0 Å². The van der Waals surface area contributed by atoms with E-state index in [1.165, 1.54) is 18.5 Å². The average molecular weight is 254 g/mol. The Balaban J connectivity index is 1.65. The molecular formula is C15H18N4. The van der Waals surface area contributed by atoms with Gasteiger partial charge in [0.2, 0.25) is 5.95 Å². The van der Waals surface area contributed by atoms with Crippen molar-refractivity contribution in [3.8, 4) is 0 Å². The molecule has 3 heterocycles. The van der Waals surface area contributed by atoms with Crippen molar-refractivity contribution in [3.05, 3.63) is 48.5 Å². The summed E-state index contributed by atoms with van der Waals surface area (Å²) in [6, 6.07) is 7.99. The smallest absolute Gasteiger partial charge is 0.225 e. The second kappa shape index (κ2) is 5.78. The van der Waals surface area contributed by atoms with E-state index in [-0.39, 0.29) is 0 Å². The summed E-state index contributed by atoms with van der Waals surface area (Å²) in [5.74, 6) is 1.50. The summed E-state index contributed by atoms with van der Waals surface area (Å²) in [6.07, 6.45) is 9.01. The summed E-state index contributed by atoms with van der Waals surface area (Å²) in [5.41, 5.74) is 1.18. The summed E-state index contributed by atoms with van der Waals surface area (Å²) >= 11 is 0. The lowest BCUT2D eigenvalue weighted by molar-refractivity contribution is 0.406. The Bertz CT molecular complexity index is 500. The van der Waals surface area contributed by atoms with E-state index in [9.17, 15) is 0 Å². The summed E-state index contributed by atoms with van der Waals surface area (Å²) < 4.78 is 0. The third-order valence-corrected chi connectivity index (χ3v) is 3.58. The molecule has 1 fully saturated rings. The molecule has 1 aliphatic heterocycles. The van der Waals surface area contributed by atoms with Crippen LogP contribution in [0.5, 0.6) is 0 Å². The van der Waals surface area contributed by atoms with E-state index >= 15 is 0 Å². The minimum atomic E-state index is 0.646. The van der Waals surface area contributed by atoms with Crippen molar-refractivity contribution in [2.75, 3.05) is 18.0 Å². The van der Waals surface area contributed by atoms with E-state index in [0.717, 1.165) is 25.5 Å². The topological polar surface area (TPSA) is 41.9 Å². The summed E-state index contributed by atoms with van der Waals surface area (Å²) in [5, 5.41) is 0. The SMILES string of the molecule is c1ccc(C[C@H]2CCCN(c3ncccn3)C2)nc1. The molecule has 4 nitrogen and oxygen atoms in total. The number of piperidine rings is 1. The number of pyridine rings is 1. The highest BCUT2D eigenvalue weighted by Crippen LogP contribution is 2.22. The van der Waals surface area contributed by atoms with Crippen molar-refractivity contribution in [3.63, 3.8) is 0 Å². The van der Waals surface area contributed by atoms with E-state index in [4.69, 9.17) is 0 Å². The van der Waals surface area contributed by atoms with E-state index in [1.54, 1.807) is 0 Å². The zero-order valence-corrected chi connectivity index (χ0v) is 10.9. The van der Waals surface area contributed by atoms with Gasteiger partial charge in [-0.05, 0) is 43.4 Å². The first-order chi connectivity index (χ1) is 9.42. The minimum Gasteiger partial charge on any atom is -0.341 e. The number of aromatic nitrogens is 3. The molecule has 0 unspecified atom stereocenters. The molecule has 0 aromatic carbocycles. The first-order valence-electron chi connectivity index (χ1n) is 6.84. The Morgan fingerprint density at radius 1 is 1.05 bits per heavy atom. The maximum absolute atomic E-state index is 4.42. The Hall–Kier alpha value is -1.97. The van der Waals surface area contributed by atoms with Crippen molar-refractivity contribution >= 4 is 5.95 Å². The van der Waals surface area contributed by atoms with Crippen LogP contribution < -0.4 is 4.90 Å². The predicted molar refractivity (Wildman–Crippen MR) is 74.9 cm³/mol. The van der Waals surface area contributed by atoms with Gasteiger partial charge in [-0.15, -0.1) is 0 Å². The van der Waals surface area contributed by atoms with Gasteiger partial charge < -0.3 is 4.90 Å². The second-order valence-corrected chi connectivity index (χ2v) is 5.03. The lowest BCUT2D eigenvalue weighted by atomic mass is 9.93. The molecule has 0 amide bonds. The highest BCUT2D eigenvalue weighted by Gasteiger charge is 2.21. The Morgan fingerprint density at radius 3 is 2.68 bits per heavy atom. The van der Waals surface area contributed by atoms with E-state index < -0.39 is 0 Å². The molecular weight excluding hydrogens is 236 g/mol. The number of hydrogen-bond donors (Lipinski definition) is 0. The number of nitrogens with zero attached hydrogens (tertiary/aromatic N) is 4. The van der Waals surface area contributed by atoms with Crippen LogP contribution >= 0.6 is 0 Å². The summed E-state index contributed by atoms with van der Waals surface area (Å²) in [4.78, 5) is 15.4. The van der Waals surface area contributed by atoms with Gasteiger partial charge in [-0.2, -0.15) is 0 Å². The van der Waals surface area contributed by atoms with Crippen molar-refractivity contribution in [1.29, 1.82) is 0 Å². The molecule has 0 spiro atoms. The highest BCUT2D eigenvalue weighted by molar-refractivity contribution is 5.29. The van der Waals surface area contributed by atoms with Crippen molar-refractivity contribution in [1.82, 2.24) is 15.0 Å². The molecule has 1 atom stereocenters. The third kappa shape index (κ3) is 3.08. The van der Waals surface area contributed by atoms with Gasteiger partial charge >= 0.3 is 0 Å². The van der Waals surface area contributed by atoms with Crippen LogP contribution in [0.2, 0.25) is 0 Å². The molecule has 0 radical (unpaired) electrons. The third-order valence-electron chi connectivity index (χ3n) is 3.58. The van der Waals surface area contributed by atoms with Crippen LogP contribution in [-0.4, -0.2) is 28.0 Å². The fourth-order valence-corrected chi connectivity index (χ4v) is 2.68. The first kappa shape index (κ1) is 12.1. The molecule has 1 aliphatic rings. The van der Waals surface area contributed by atoms with Crippen LogP contribution in [-0.2, 0) is 6.42 Å². The Kier molecular flexibility index (Phi) is 3.68. The summed E-state index contributed by atoms with van der Waals surface area (Å²) in [6.45, 7) is 2.09. The normalized spacial score (nSPS) is 19.4. The van der Waals surface area contributed by atoms with Gasteiger partial charge in [0, 0.05) is 37.4 Å². The zero-order valence-electron chi connectivity index (χ0n) is 10.9. The molecule has 3 rings (SSSR count). The van der Waals surface area contributed by atoms with Crippen molar-refractivity contribution < 1.29 is 0 Å². The molecule has 0 saturated carbocycles. The molecule has 19 heavy (non-hydrogen) atoms. The number of anilines is 1. The van der Waals surface area contributed by atoms with Gasteiger partial charge in [0.1, 0.15) is 0 Å². The maximum atomic E-state index is 4.42. The Labute approximate surface area is 113 Å². The lowest BCUT2D eigenvalue weighted by Gasteiger charge is -2.32. The van der Waals surface area contributed by atoms with Crippen LogP contribution in [0.1, 0.15) is 18.5 Å². The number of rotatable bonds is 3. The van der Waals surface area contributed by atoms with E-state index in [1.807, 2.05) is 30.7 Å². The fraction of sp³-hybridized carbons (Fsp3) is 0.400. The standard InChI is InChI=1S/C15H18N4/c1-2-7-16-14(6-1)11-13-5-3-10-19(12-13)15-17-8-4-9-18-15/h1-2,4,6-9,13H,3,5,10-12H2/t13-/m1/s1. The maximum Gasteiger partial charge on any atom is 0.225 e. The molecule has 2 aromatic rings. The van der Waals surface area contributed by atoms with E-state index in [0.29, 0.717) is 5.92 Å². The molecule has 0 bridgehead atoms. The fourth-order valence-electron chi connectivity index (χ4n) is 2.68. The van der Waals surface area contributed by atoms with Gasteiger partial charge in [-0.1, -0.05) is 6.07 Å². The van der Waals surface area contributed by atoms with E-state index in [2.05, 4.69) is 32.0 Å². The highest BCUT2D eigenvalue weighted by atomic mass is 15.2. The lowest BCUT2D eigenvalue weighted by Crippen LogP contribution is -2.37. The van der Waals surface area contributed by atoms with Gasteiger partial charge in [0.05, 0.1) is 0 Å². The first-order valence-corrected chi connectivity index (χ1v) is 6.84. The molecule has 0 aliphatic carbocycles. The predicted octanol–water partition coefficient (Wildman–Crippen LogP) is 2.33. The van der Waals surface area contributed by atoms with Crippen LogP contribution in [0.4, 0.5) is 5.95 Å². The van der Waals surface area contributed by atoms with Crippen LogP contribution in [0.15, 0.2) is 42.9 Å². The summed E-state index contributed by atoms with van der Waals surface area (Å²) in [7, 11) is 0. The average Bonchev–Trinajstić information content (AvgIpc) is 2.49. The van der Waals surface area contributed by atoms with Crippen LogP contribution in [0, 0.1) is 5.92 Å². The molecule has 2 aromatic heterocycles. The molecule has 98 valence electrons. The molecule has 1 saturated heterocycles. The second-order valence-electron chi connectivity index (χ2n) is 5.03. The van der Waals surface area contributed by atoms with Crippen molar-refractivity contribution in [2.24, 2.45) is 5.92 Å². The van der Waals surface area contributed by atoms with Crippen LogP contribution in [0.3, 0.4) is 0 Å². The monoisotopic (exact) mass is 254 g/mol. The van der Waals surface area contributed by atoms with Crippen molar-refractivity contribution in [2.45, 2.75) is 19.3 Å².